The lowest BCUT2D eigenvalue weighted by molar-refractivity contribution is -0.131. The Hall–Kier alpha value is -0.670. The molecule has 1 radical (unpaired) electrons. The molecule has 0 aliphatic rings. The lowest BCUT2D eigenvalue weighted by Crippen LogP contribution is -2.30. The Kier molecular flexibility index (Phi) is 4.80. The van der Waals surface area contributed by atoms with Gasteiger partial charge in [-0.1, -0.05) is 13.3 Å². The Morgan fingerprint density at radius 3 is 2.60 bits per heavy atom. The number of hydrogen-bond donors (Lipinski definition) is 1. The highest BCUT2D eigenvalue weighted by Crippen LogP contribution is 1.91. The van der Waals surface area contributed by atoms with Crippen molar-refractivity contribution in [2.24, 2.45) is 0 Å². The van der Waals surface area contributed by atoms with E-state index in [4.69, 9.17) is 0 Å². The van der Waals surface area contributed by atoms with Crippen molar-refractivity contribution < 1.29 is 13.6 Å². The topological polar surface area (TPSA) is 29.1 Å². The minimum absolute atomic E-state index is 0.284. The van der Waals surface area contributed by atoms with Crippen LogP contribution < -0.4 is 5.32 Å². The van der Waals surface area contributed by atoms with Crippen molar-refractivity contribution in [3.63, 3.8) is 0 Å². The van der Waals surface area contributed by atoms with Gasteiger partial charge in [-0.25, -0.2) is 0 Å². The molecule has 0 aliphatic heterocycles. The largest absolute Gasteiger partial charge is 0.351 e. The molecule has 0 aliphatic carbocycles. The van der Waals surface area contributed by atoms with Crippen molar-refractivity contribution in [1.82, 2.24) is 5.32 Å². The fourth-order valence-corrected chi connectivity index (χ4v) is 0.414. The van der Waals surface area contributed by atoms with Gasteiger partial charge in [0.05, 0.1) is 0 Å². The molecular weight excluding hydrogens is 140 g/mol. The number of halogens is 2. The molecule has 10 heavy (non-hydrogen) atoms. The lowest BCUT2D eigenvalue weighted by atomic mass is 10.3. The Labute approximate surface area is 58.6 Å². The molecule has 0 saturated heterocycles. The number of rotatable bonds is 4. The van der Waals surface area contributed by atoms with Gasteiger partial charge in [0.1, 0.15) is 0 Å². The molecule has 2 nitrogen and oxygen atoms in total. The maximum Gasteiger partial charge on any atom is 0.315 e. The van der Waals surface area contributed by atoms with Crippen molar-refractivity contribution in [2.75, 3.05) is 6.54 Å². The zero-order valence-electron chi connectivity index (χ0n) is 5.57. The van der Waals surface area contributed by atoms with Crippen LogP contribution in [0.1, 0.15) is 12.8 Å². The number of carbonyl (C=O) groups is 1. The molecule has 0 aromatic carbocycles. The molecule has 0 rings (SSSR count). The first kappa shape index (κ1) is 9.33. The van der Waals surface area contributed by atoms with E-state index in [1.54, 1.807) is 0 Å². The van der Waals surface area contributed by atoms with Crippen LogP contribution in [0.25, 0.3) is 0 Å². The maximum atomic E-state index is 11.4. The van der Waals surface area contributed by atoms with Crippen LogP contribution in [0.5, 0.6) is 0 Å². The number of alkyl halides is 2. The fourth-order valence-electron chi connectivity index (χ4n) is 0.414. The van der Waals surface area contributed by atoms with Crippen LogP contribution in [0, 0.1) is 6.92 Å². The molecular formula is C6H10F2NO. The molecule has 0 heterocycles. The van der Waals surface area contributed by atoms with Crippen LogP contribution in [-0.4, -0.2) is 18.9 Å². The SMILES string of the molecule is [CH2]CCCNC(=O)C(F)F. The van der Waals surface area contributed by atoms with E-state index < -0.39 is 12.3 Å². The Balaban J connectivity index is 3.22. The van der Waals surface area contributed by atoms with Crippen molar-refractivity contribution in [3.8, 4) is 0 Å². The number of nitrogens with one attached hydrogen (secondary N) is 1. The van der Waals surface area contributed by atoms with Crippen LogP contribution in [0.2, 0.25) is 0 Å². The third-order valence-electron chi connectivity index (χ3n) is 0.924. The molecule has 4 heteroatoms. The van der Waals surface area contributed by atoms with E-state index in [0.717, 1.165) is 0 Å². The average molecular weight is 150 g/mol. The molecule has 0 saturated carbocycles. The molecule has 1 N–H and O–H groups in total. The molecule has 0 spiro atoms. The van der Waals surface area contributed by atoms with E-state index >= 15 is 0 Å². The van der Waals surface area contributed by atoms with Gasteiger partial charge in [-0.05, 0) is 6.42 Å². The van der Waals surface area contributed by atoms with Crippen molar-refractivity contribution in [1.29, 1.82) is 0 Å². The summed E-state index contributed by atoms with van der Waals surface area (Å²) in [5, 5.41) is 2.05. The lowest BCUT2D eigenvalue weighted by Gasteiger charge is -2.00. The first-order valence-electron chi connectivity index (χ1n) is 3.03. The predicted octanol–water partition coefficient (Wildman–Crippen LogP) is 0.982. The standard InChI is InChI=1S/C6H10F2NO/c1-2-3-4-9-6(10)5(7)8/h5H,1-4H2,(H,9,10). The van der Waals surface area contributed by atoms with Crippen molar-refractivity contribution >= 4 is 5.91 Å². The summed E-state index contributed by atoms with van der Waals surface area (Å²) in [5.74, 6) is -1.20. The number of carbonyl (C=O) groups excluding carboxylic acids is 1. The van der Waals surface area contributed by atoms with Gasteiger partial charge in [-0.2, -0.15) is 8.78 Å². The average Bonchev–Trinajstić information content (AvgIpc) is 1.88. The maximum absolute atomic E-state index is 11.4. The second kappa shape index (κ2) is 5.14. The predicted molar refractivity (Wildman–Crippen MR) is 33.6 cm³/mol. The Morgan fingerprint density at radius 2 is 2.20 bits per heavy atom. The summed E-state index contributed by atoms with van der Waals surface area (Å²) in [7, 11) is 0. The van der Waals surface area contributed by atoms with Gasteiger partial charge >= 0.3 is 6.43 Å². The molecule has 0 aromatic rings. The van der Waals surface area contributed by atoms with Crippen molar-refractivity contribution in [2.45, 2.75) is 19.3 Å². The van der Waals surface area contributed by atoms with Gasteiger partial charge in [-0.3, -0.25) is 4.79 Å². The van der Waals surface area contributed by atoms with Crippen LogP contribution in [-0.2, 0) is 4.79 Å². The quantitative estimate of drug-likeness (QED) is 0.595. The Bertz CT molecular complexity index is 106. The van der Waals surface area contributed by atoms with Crippen LogP contribution in [0.3, 0.4) is 0 Å². The highest BCUT2D eigenvalue weighted by molar-refractivity contribution is 5.78. The van der Waals surface area contributed by atoms with Gasteiger partial charge in [0.15, 0.2) is 0 Å². The third-order valence-corrected chi connectivity index (χ3v) is 0.924. The van der Waals surface area contributed by atoms with E-state index in [2.05, 4.69) is 12.2 Å². The highest BCUT2D eigenvalue weighted by Gasteiger charge is 2.12. The third kappa shape index (κ3) is 4.23. The number of unbranched alkanes of at least 4 members (excludes halogenated alkanes) is 1. The first-order chi connectivity index (χ1) is 4.68. The van der Waals surface area contributed by atoms with E-state index in [1.165, 1.54) is 0 Å². The minimum Gasteiger partial charge on any atom is -0.351 e. The zero-order valence-corrected chi connectivity index (χ0v) is 5.57. The molecule has 1 amide bonds. The van der Waals surface area contributed by atoms with Crippen LogP contribution in [0.15, 0.2) is 0 Å². The second-order valence-electron chi connectivity index (χ2n) is 1.80. The Morgan fingerprint density at radius 1 is 1.60 bits per heavy atom. The molecule has 0 aromatic heterocycles. The van der Waals surface area contributed by atoms with Gasteiger partial charge in [0, 0.05) is 6.54 Å². The fraction of sp³-hybridized carbons (Fsp3) is 0.667. The van der Waals surface area contributed by atoms with Crippen LogP contribution >= 0.6 is 0 Å². The number of hydrogen-bond acceptors (Lipinski definition) is 1. The first-order valence-corrected chi connectivity index (χ1v) is 3.03. The summed E-state index contributed by atoms with van der Waals surface area (Å²) in [6, 6.07) is 0. The van der Waals surface area contributed by atoms with E-state index in [1.807, 2.05) is 0 Å². The molecule has 0 atom stereocenters. The second-order valence-corrected chi connectivity index (χ2v) is 1.80. The number of amides is 1. The van der Waals surface area contributed by atoms with Gasteiger partial charge in [0.25, 0.3) is 5.91 Å². The van der Waals surface area contributed by atoms with Crippen LogP contribution in [0.4, 0.5) is 8.78 Å². The summed E-state index contributed by atoms with van der Waals surface area (Å²) in [6.07, 6.45) is -1.62. The highest BCUT2D eigenvalue weighted by atomic mass is 19.3. The summed E-state index contributed by atoms with van der Waals surface area (Å²) >= 11 is 0. The van der Waals surface area contributed by atoms with Crippen molar-refractivity contribution in [3.05, 3.63) is 6.92 Å². The molecule has 0 bridgehead atoms. The van der Waals surface area contributed by atoms with Gasteiger partial charge < -0.3 is 5.32 Å². The van der Waals surface area contributed by atoms with E-state index in [9.17, 15) is 13.6 Å². The normalized spacial score (nSPS) is 10.0. The molecule has 59 valence electrons. The summed E-state index contributed by atoms with van der Waals surface area (Å²) < 4.78 is 22.9. The summed E-state index contributed by atoms with van der Waals surface area (Å²) in [4.78, 5) is 10.1. The van der Waals surface area contributed by atoms with E-state index in [-0.39, 0.29) is 6.54 Å². The van der Waals surface area contributed by atoms with E-state index in [0.29, 0.717) is 12.8 Å². The monoisotopic (exact) mass is 150 g/mol. The van der Waals surface area contributed by atoms with Gasteiger partial charge in [-0.15, -0.1) is 0 Å². The minimum atomic E-state index is -2.90. The summed E-state index contributed by atoms with van der Waals surface area (Å²) in [6.45, 7) is 3.77. The summed E-state index contributed by atoms with van der Waals surface area (Å²) in [5.41, 5.74) is 0. The molecule has 0 fully saturated rings. The smallest absolute Gasteiger partial charge is 0.315 e. The van der Waals surface area contributed by atoms with Gasteiger partial charge in [0.2, 0.25) is 0 Å². The molecule has 0 unspecified atom stereocenters. The zero-order chi connectivity index (χ0) is 7.98.